The van der Waals surface area contributed by atoms with Gasteiger partial charge in [-0.05, 0) is 43.3 Å². The van der Waals surface area contributed by atoms with Crippen molar-refractivity contribution in [3.8, 4) is 28.3 Å². The second-order valence-corrected chi connectivity index (χ2v) is 5.73. The minimum absolute atomic E-state index is 0.657. The van der Waals surface area contributed by atoms with E-state index in [1.807, 2.05) is 73.7 Å². The third-order valence-electron chi connectivity index (χ3n) is 4.06. The predicted molar refractivity (Wildman–Crippen MR) is 102 cm³/mol. The lowest BCUT2D eigenvalue weighted by molar-refractivity contribution is 0.340. The van der Waals surface area contributed by atoms with Crippen molar-refractivity contribution in [1.29, 1.82) is 0 Å². The predicted octanol–water partition coefficient (Wildman–Crippen LogP) is 5.36. The highest BCUT2D eigenvalue weighted by Gasteiger charge is 2.13. The number of benzene rings is 3. The maximum Gasteiger partial charge on any atom is 0.119 e. The van der Waals surface area contributed by atoms with Gasteiger partial charge in [-0.25, -0.2) is 9.97 Å². The van der Waals surface area contributed by atoms with Gasteiger partial charge >= 0.3 is 0 Å². The van der Waals surface area contributed by atoms with Crippen molar-refractivity contribution in [2.24, 2.45) is 0 Å². The lowest BCUT2D eigenvalue weighted by Gasteiger charge is -2.11. The molecule has 0 bridgehead atoms. The first-order valence-electron chi connectivity index (χ1n) is 8.40. The Morgan fingerprint density at radius 2 is 1.16 bits per heavy atom. The lowest BCUT2D eigenvalue weighted by Crippen LogP contribution is -1.96. The molecule has 0 unspecified atom stereocenters. The molecule has 0 aliphatic rings. The Morgan fingerprint density at radius 1 is 0.640 bits per heavy atom. The summed E-state index contributed by atoms with van der Waals surface area (Å²) in [5.74, 6) is 0.862. The van der Waals surface area contributed by atoms with Crippen LogP contribution in [0.4, 0.5) is 0 Å². The molecule has 25 heavy (non-hydrogen) atoms. The molecule has 0 radical (unpaired) electrons. The molecule has 1 heterocycles. The summed E-state index contributed by atoms with van der Waals surface area (Å²) < 4.78 is 5.55. The van der Waals surface area contributed by atoms with Crippen LogP contribution in [0, 0.1) is 0 Å². The van der Waals surface area contributed by atoms with Gasteiger partial charge in [0.1, 0.15) is 5.75 Å². The molecule has 3 aromatic carbocycles. The zero-order chi connectivity index (χ0) is 17.1. The third-order valence-corrected chi connectivity index (χ3v) is 4.06. The molecule has 0 saturated carbocycles. The Balaban J connectivity index is 1.91. The number of nitrogens with zero attached hydrogens (tertiary/aromatic N) is 2. The highest BCUT2D eigenvalue weighted by atomic mass is 16.5. The smallest absolute Gasteiger partial charge is 0.119 e. The van der Waals surface area contributed by atoms with E-state index in [4.69, 9.17) is 14.7 Å². The van der Waals surface area contributed by atoms with Crippen LogP contribution in [-0.4, -0.2) is 16.6 Å². The van der Waals surface area contributed by atoms with Gasteiger partial charge in [0, 0.05) is 11.1 Å². The standard InChI is InChI=1S/C22H18N2O/c1-2-25-18-14-12-17(13-15-18)22-21(16-8-4-3-5-9-16)23-19-10-6-7-11-20(19)24-22/h3-15H,2H2,1H3. The maximum atomic E-state index is 5.55. The van der Waals surface area contributed by atoms with Crippen molar-refractivity contribution in [1.82, 2.24) is 9.97 Å². The quantitative estimate of drug-likeness (QED) is 0.506. The van der Waals surface area contributed by atoms with Crippen molar-refractivity contribution in [3.63, 3.8) is 0 Å². The average Bonchev–Trinajstić information content (AvgIpc) is 2.68. The van der Waals surface area contributed by atoms with E-state index in [0.29, 0.717) is 6.61 Å². The summed E-state index contributed by atoms with van der Waals surface area (Å²) in [4.78, 5) is 9.78. The topological polar surface area (TPSA) is 35.0 Å². The minimum atomic E-state index is 0.657. The van der Waals surface area contributed by atoms with Crippen LogP contribution in [0.25, 0.3) is 33.5 Å². The Morgan fingerprint density at radius 3 is 1.72 bits per heavy atom. The fraction of sp³-hybridized carbons (Fsp3) is 0.0909. The summed E-state index contributed by atoms with van der Waals surface area (Å²) in [5, 5.41) is 0. The summed E-state index contributed by atoms with van der Waals surface area (Å²) in [5.41, 5.74) is 5.66. The van der Waals surface area contributed by atoms with Gasteiger partial charge in [-0.3, -0.25) is 0 Å². The molecule has 1 aromatic heterocycles. The van der Waals surface area contributed by atoms with Gasteiger partial charge in [0.15, 0.2) is 0 Å². The molecule has 4 rings (SSSR count). The zero-order valence-electron chi connectivity index (χ0n) is 14.0. The number of aromatic nitrogens is 2. The molecule has 0 aliphatic heterocycles. The maximum absolute atomic E-state index is 5.55. The molecular weight excluding hydrogens is 308 g/mol. The molecule has 0 spiro atoms. The first kappa shape index (κ1) is 15.3. The fourth-order valence-electron chi connectivity index (χ4n) is 2.87. The highest BCUT2D eigenvalue weighted by molar-refractivity contribution is 5.86. The molecule has 122 valence electrons. The van der Waals surface area contributed by atoms with Gasteiger partial charge in [-0.2, -0.15) is 0 Å². The van der Waals surface area contributed by atoms with Crippen LogP contribution in [0.2, 0.25) is 0 Å². The molecule has 3 nitrogen and oxygen atoms in total. The molecule has 0 atom stereocenters. The summed E-state index contributed by atoms with van der Waals surface area (Å²) in [6.45, 7) is 2.64. The summed E-state index contributed by atoms with van der Waals surface area (Å²) in [6.07, 6.45) is 0. The molecular formula is C22H18N2O. The largest absolute Gasteiger partial charge is 0.494 e. The third kappa shape index (κ3) is 3.09. The van der Waals surface area contributed by atoms with Gasteiger partial charge in [0.2, 0.25) is 0 Å². The van der Waals surface area contributed by atoms with Crippen molar-refractivity contribution < 1.29 is 4.74 Å². The van der Waals surface area contributed by atoms with E-state index < -0.39 is 0 Å². The van der Waals surface area contributed by atoms with Crippen molar-refractivity contribution >= 4 is 11.0 Å². The first-order chi connectivity index (χ1) is 12.3. The van der Waals surface area contributed by atoms with Gasteiger partial charge in [-0.1, -0.05) is 42.5 Å². The van der Waals surface area contributed by atoms with E-state index in [2.05, 4.69) is 12.1 Å². The highest BCUT2D eigenvalue weighted by Crippen LogP contribution is 2.31. The van der Waals surface area contributed by atoms with Crippen molar-refractivity contribution in [2.45, 2.75) is 6.92 Å². The fourth-order valence-corrected chi connectivity index (χ4v) is 2.87. The van der Waals surface area contributed by atoms with Crippen LogP contribution in [0.15, 0.2) is 78.9 Å². The van der Waals surface area contributed by atoms with E-state index in [1.54, 1.807) is 0 Å². The van der Waals surface area contributed by atoms with Gasteiger partial charge in [0.05, 0.1) is 29.0 Å². The minimum Gasteiger partial charge on any atom is -0.494 e. The molecule has 0 aliphatic carbocycles. The van der Waals surface area contributed by atoms with Crippen molar-refractivity contribution in [2.75, 3.05) is 6.61 Å². The molecule has 4 aromatic rings. The number of fused-ring (bicyclic) bond motifs is 1. The summed E-state index contributed by atoms with van der Waals surface area (Å²) >= 11 is 0. The Labute approximate surface area is 147 Å². The van der Waals surface area contributed by atoms with E-state index >= 15 is 0 Å². The van der Waals surface area contributed by atoms with Gasteiger partial charge in [0.25, 0.3) is 0 Å². The summed E-state index contributed by atoms with van der Waals surface area (Å²) in [7, 11) is 0. The zero-order valence-corrected chi connectivity index (χ0v) is 14.0. The number of ether oxygens (including phenoxy) is 1. The van der Waals surface area contributed by atoms with Crippen LogP contribution in [0.5, 0.6) is 5.75 Å². The number of para-hydroxylation sites is 2. The van der Waals surface area contributed by atoms with Gasteiger partial charge < -0.3 is 4.74 Å². The number of hydrogen-bond donors (Lipinski definition) is 0. The van der Waals surface area contributed by atoms with Crippen LogP contribution >= 0.6 is 0 Å². The molecule has 0 amide bonds. The van der Waals surface area contributed by atoms with E-state index in [9.17, 15) is 0 Å². The van der Waals surface area contributed by atoms with Crippen LogP contribution < -0.4 is 4.74 Å². The molecule has 0 N–H and O–H groups in total. The van der Waals surface area contributed by atoms with Crippen LogP contribution in [0.1, 0.15) is 6.92 Å². The molecule has 3 heteroatoms. The Hall–Kier alpha value is -3.20. The van der Waals surface area contributed by atoms with E-state index in [0.717, 1.165) is 39.3 Å². The van der Waals surface area contributed by atoms with Crippen molar-refractivity contribution in [3.05, 3.63) is 78.9 Å². The van der Waals surface area contributed by atoms with E-state index in [1.165, 1.54) is 0 Å². The number of hydrogen-bond acceptors (Lipinski definition) is 3. The molecule has 0 saturated heterocycles. The van der Waals surface area contributed by atoms with Crippen LogP contribution in [-0.2, 0) is 0 Å². The van der Waals surface area contributed by atoms with E-state index in [-0.39, 0.29) is 0 Å². The molecule has 0 fully saturated rings. The normalized spacial score (nSPS) is 10.8. The second kappa shape index (κ2) is 6.73. The Kier molecular flexibility index (Phi) is 4.13. The first-order valence-corrected chi connectivity index (χ1v) is 8.40. The monoisotopic (exact) mass is 326 g/mol. The van der Waals surface area contributed by atoms with Crippen LogP contribution in [0.3, 0.4) is 0 Å². The lowest BCUT2D eigenvalue weighted by atomic mass is 10.0. The number of rotatable bonds is 4. The van der Waals surface area contributed by atoms with Gasteiger partial charge in [-0.15, -0.1) is 0 Å². The summed E-state index contributed by atoms with van der Waals surface area (Å²) in [6, 6.07) is 26.2. The SMILES string of the molecule is CCOc1ccc(-c2nc3ccccc3nc2-c2ccccc2)cc1. The average molecular weight is 326 g/mol. The Bertz CT molecular complexity index is 995. The second-order valence-electron chi connectivity index (χ2n) is 5.73.